The zero-order valence-electron chi connectivity index (χ0n) is 9.32. The number of rotatable bonds is 3. The maximum atomic E-state index is 6.06. The fourth-order valence-electron chi connectivity index (χ4n) is 1.78. The first-order valence-corrected chi connectivity index (χ1v) is 6.70. The lowest BCUT2D eigenvalue weighted by atomic mass is 10.0. The van der Waals surface area contributed by atoms with Crippen molar-refractivity contribution in [1.29, 1.82) is 0 Å². The Bertz CT molecular complexity index is 502. The Morgan fingerprint density at radius 1 is 1.35 bits per heavy atom. The molecular weight excluding hydrogens is 347 g/mol. The van der Waals surface area contributed by atoms with Crippen LogP contribution in [0.1, 0.15) is 17.2 Å². The highest BCUT2D eigenvalue weighted by atomic mass is 127. The van der Waals surface area contributed by atoms with E-state index in [1.165, 1.54) is 9.13 Å². The number of pyridine rings is 1. The van der Waals surface area contributed by atoms with Crippen molar-refractivity contribution in [3.05, 3.63) is 62.4 Å². The molecule has 1 atom stereocenters. The van der Waals surface area contributed by atoms with Gasteiger partial charge in [0.15, 0.2) is 0 Å². The molecular formula is C13H12ClIN2. The summed E-state index contributed by atoms with van der Waals surface area (Å²) in [5.74, 6) is 0. The number of nitrogens with one attached hydrogen (secondary N) is 1. The Hall–Kier alpha value is -0.650. The molecule has 2 aromatic rings. The molecule has 0 saturated carbocycles. The first kappa shape index (κ1) is 12.8. The normalized spacial score (nSPS) is 12.4. The van der Waals surface area contributed by atoms with Gasteiger partial charge in [-0.1, -0.05) is 17.7 Å². The van der Waals surface area contributed by atoms with Crippen LogP contribution in [0.25, 0.3) is 0 Å². The van der Waals surface area contributed by atoms with Gasteiger partial charge in [0.1, 0.15) is 0 Å². The van der Waals surface area contributed by atoms with Gasteiger partial charge in [-0.15, -0.1) is 0 Å². The van der Waals surface area contributed by atoms with E-state index < -0.39 is 0 Å². The molecule has 0 aliphatic rings. The first-order valence-electron chi connectivity index (χ1n) is 5.24. The highest BCUT2D eigenvalue weighted by molar-refractivity contribution is 14.1. The predicted molar refractivity (Wildman–Crippen MR) is 79.3 cm³/mol. The van der Waals surface area contributed by atoms with Gasteiger partial charge >= 0.3 is 0 Å². The Balaban J connectivity index is 2.46. The predicted octanol–water partition coefficient (Wildman–Crippen LogP) is 3.65. The fourth-order valence-corrected chi connectivity index (χ4v) is 2.61. The van der Waals surface area contributed by atoms with Crippen molar-refractivity contribution in [2.24, 2.45) is 0 Å². The van der Waals surface area contributed by atoms with Gasteiger partial charge < -0.3 is 5.32 Å². The summed E-state index contributed by atoms with van der Waals surface area (Å²) < 4.78 is 1.19. The Morgan fingerprint density at radius 2 is 2.18 bits per heavy atom. The monoisotopic (exact) mass is 358 g/mol. The molecule has 88 valence electrons. The number of halogens is 2. The second-order valence-electron chi connectivity index (χ2n) is 3.67. The summed E-state index contributed by atoms with van der Waals surface area (Å²) in [5.41, 5.74) is 2.31. The number of nitrogens with zero attached hydrogens (tertiary/aromatic N) is 1. The van der Waals surface area contributed by atoms with Gasteiger partial charge in [-0.25, -0.2) is 0 Å². The topological polar surface area (TPSA) is 24.9 Å². The van der Waals surface area contributed by atoms with E-state index in [9.17, 15) is 0 Å². The smallest absolute Gasteiger partial charge is 0.0600 e. The van der Waals surface area contributed by atoms with E-state index in [0.717, 1.165) is 10.6 Å². The van der Waals surface area contributed by atoms with Crippen LogP contribution in [0, 0.1) is 3.57 Å². The van der Waals surface area contributed by atoms with E-state index in [0.29, 0.717) is 0 Å². The van der Waals surface area contributed by atoms with E-state index in [4.69, 9.17) is 11.6 Å². The van der Waals surface area contributed by atoms with Crippen molar-refractivity contribution in [2.45, 2.75) is 6.04 Å². The average Bonchev–Trinajstić information content (AvgIpc) is 2.36. The van der Waals surface area contributed by atoms with E-state index in [2.05, 4.69) is 39.0 Å². The Morgan fingerprint density at radius 3 is 2.82 bits per heavy atom. The van der Waals surface area contributed by atoms with Gasteiger partial charge in [-0.2, -0.15) is 0 Å². The van der Waals surface area contributed by atoms with Crippen molar-refractivity contribution in [2.75, 3.05) is 7.05 Å². The molecule has 0 amide bonds. The summed E-state index contributed by atoms with van der Waals surface area (Å²) in [6.07, 6.45) is 3.65. The van der Waals surface area contributed by atoms with Crippen molar-refractivity contribution < 1.29 is 0 Å². The number of hydrogen-bond donors (Lipinski definition) is 1. The number of benzene rings is 1. The molecule has 4 heteroatoms. The average molecular weight is 359 g/mol. The van der Waals surface area contributed by atoms with Crippen LogP contribution in [0.5, 0.6) is 0 Å². The second kappa shape index (κ2) is 5.80. The van der Waals surface area contributed by atoms with Crippen molar-refractivity contribution in [3.8, 4) is 0 Å². The minimum Gasteiger partial charge on any atom is -0.309 e. The standard InChI is InChI=1S/C13H12ClIN2/c1-16-13(9-3-2-6-17-8-9)11-7-10(14)4-5-12(11)15/h2-8,13,16H,1H3. The summed E-state index contributed by atoms with van der Waals surface area (Å²) in [6, 6.07) is 10.1. The van der Waals surface area contributed by atoms with Gasteiger partial charge in [0.2, 0.25) is 0 Å². The van der Waals surface area contributed by atoms with Crippen molar-refractivity contribution in [1.82, 2.24) is 10.3 Å². The highest BCUT2D eigenvalue weighted by Crippen LogP contribution is 2.27. The van der Waals surface area contributed by atoms with Crippen LogP contribution in [0.4, 0.5) is 0 Å². The van der Waals surface area contributed by atoms with Gasteiger partial charge in [0, 0.05) is 21.0 Å². The second-order valence-corrected chi connectivity index (χ2v) is 5.27. The maximum Gasteiger partial charge on any atom is 0.0600 e. The van der Waals surface area contributed by atoms with E-state index >= 15 is 0 Å². The lowest BCUT2D eigenvalue weighted by Crippen LogP contribution is -2.18. The summed E-state index contributed by atoms with van der Waals surface area (Å²) in [5, 5.41) is 4.05. The van der Waals surface area contributed by atoms with Crippen LogP contribution < -0.4 is 5.32 Å². The van der Waals surface area contributed by atoms with Crippen LogP contribution in [-0.4, -0.2) is 12.0 Å². The summed E-state index contributed by atoms with van der Waals surface area (Å²) in [6.45, 7) is 0. The van der Waals surface area contributed by atoms with E-state index in [1.807, 2.05) is 37.5 Å². The van der Waals surface area contributed by atoms with Crippen molar-refractivity contribution >= 4 is 34.2 Å². The molecule has 1 heterocycles. The molecule has 1 aromatic carbocycles. The molecule has 2 rings (SSSR count). The van der Waals surface area contributed by atoms with E-state index in [-0.39, 0.29) is 6.04 Å². The Kier molecular flexibility index (Phi) is 4.36. The molecule has 0 radical (unpaired) electrons. The number of aromatic nitrogens is 1. The summed E-state index contributed by atoms with van der Waals surface area (Å²) in [4.78, 5) is 4.16. The fraction of sp³-hybridized carbons (Fsp3) is 0.154. The third kappa shape index (κ3) is 2.97. The minimum absolute atomic E-state index is 0.120. The quantitative estimate of drug-likeness (QED) is 0.847. The van der Waals surface area contributed by atoms with Crippen LogP contribution in [-0.2, 0) is 0 Å². The largest absolute Gasteiger partial charge is 0.309 e. The van der Waals surface area contributed by atoms with Crippen molar-refractivity contribution in [3.63, 3.8) is 0 Å². The molecule has 2 nitrogen and oxygen atoms in total. The van der Waals surface area contributed by atoms with Gasteiger partial charge in [-0.3, -0.25) is 4.98 Å². The minimum atomic E-state index is 0.120. The third-order valence-corrected chi connectivity index (χ3v) is 3.79. The molecule has 0 fully saturated rings. The lowest BCUT2D eigenvalue weighted by Gasteiger charge is -2.18. The molecule has 0 bridgehead atoms. The zero-order valence-corrected chi connectivity index (χ0v) is 12.2. The van der Waals surface area contributed by atoms with Crippen LogP contribution >= 0.6 is 34.2 Å². The molecule has 17 heavy (non-hydrogen) atoms. The number of hydrogen-bond acceptors (Lipinski definition) is 2. The van der Waals surface area contributed by atoms with Crippen LogP contribution in [0.15, 0.2) is 42.7 Å². The molecule has 0 aliphatic carbocycles. The maximum absolute atomic E-state index is 6.06. The summed E-state index contributed by atoms with van der Waals surface area (Å²) >= 11 is 8.38. The molecule has 0 saturated heterocycles. The Labute approximate surface area is 120 Å². The molecule has 0 aliphatic heterocycles. The van der Waals surface area contributed by atoms with Crippen LogP contribution in [0.3, 0.4) is 0 Å². The molecule has 1 N–H and O–H groups in total. The SMILES string of the molecule is CNC(c1cccnc1)c1cc(Cl)ccc1I. The van der Waals surface area contributed by atoms with Gasteiger partial charge in [0.05, 0.1) is 6.04 Å². The van der Waals surface area contributed by atoms with E-state index in [1.54, 1.807) is 6.20 Å². The molecule has 0 spiro atoms. The first-order chi connectivity index (χ1) is 8.22. The van der Waals surface area contributed by atoms with Gasteiger partial charge in [0.25, 0.3) is 0 Å². The molecule has 1 unspecified atom stereocenters. The highest BCUT2D eigenvalue weighted by Gasteiger charge is 2.15. The third-order valence-electron chi connectivity index (χ3n) is 2.58. The summed E-state index contributed by atoms with van der Waals surface area (Å²) in [7, 11) is 1.94. The van der Waals surface area contributed by atoms with Crippen LogP contribution in [0.2, 0.25) is 5.02 Å². The molecule has 1 aromatic heterocycles. The zero-order chi connectivity index (χ0) is 12.3. The van der Waals surface area contributed by atoms with Gasteiger partial charge in [-0.05, 0) is 65.0 Å². The lowest BCUT2D eigenvalue weighted by molar-refractivity contribution is 0.685.